The van der Waals surface area contributed by atoms with E-state index in [1.54, 1.807) is 4.90 Å². The molecule has 14 heavy (non-hydrogen) atoms. The Kier molecular flexibility index (Phi) is 4.20. The second kappa shape index (κ2) is 5.20. The minimum absolute atomic E-state index is 0.000603. The summed E-state index contributed by atoms with van der Waals surface area (Å²) in [5, 5.41) is 0. The van der Waals surface area contributed by atoms with Gasteiger partial charge in [0.05, 0.1) is 0 Å². The van der Waals surface area contributed by atoms with Gasteiger partial charge in [0.1, 0.15) is 6.10 Å². The maximum atomic E-state index is 11.6. The Morgan fingerprint density at radius 3 is 3.00 bits per heavy atom. The van der Waals surface area contributed by atoms with E-state index in [0.29, 0.717) is 6.54 Å². The summed E-state index contributed by atoms with van der Waals surface area (Å²) in [5.41, 5.74) is 5.78. The van der Waals surface area contributed by atoms with E-state index in [1.165, 1.54) is 0 Å². The number of likely N-dealkylation sites (tertiary alicyclic amines) is 1. The molecule has 0 radical (unpaired) electrons. The predicted molar refractivity (Wildman–Crippen MR) is 55.0 cm³/mol. The second-order valence-electron chi connectivity index (χ2n) is 3.95. The highest BCUT2D eigenvalue weighted by Gasteiger charge is 2.23. The van der Waals surface area contributed by atoms with Gasteiger partial charge < -0.3 is 15.4 Å². The van der Waals surface area contributed by atoms with Gasteiger partial charge in [-0.3, -0.25) is 0 Å². The summed E-state index contributed by atoms with van der Waals surface area (Å²) in [4.78, 5) is 13.3. The SMILES string of the molecule is CCC(C)OC(=O)N1CCC[C@@H](N)C1. The third-order valence-electron chi connectivity index (χ3n) is 2.59. The molecule has 0 aliphatic carbocycles. The van der Waals surface area contributed by atoms with Crippen LogP contribution in [0.5, 0.6) is 0 Å². The number of amides is 1. The second-order valence-corrected chi connectivity index (χ2v) is 3.95. The van der Waals surface area contributed by atoms with Gasteiger partial charge in [0.15, 0.2) is 0 Å². The van der Waals surface area contributed by atoms with Crippen LogP contribution in [0, 0.1) is 0 Å². The van der Waals surface area contributed by atoms with E-state index in [-0.39, 0.29) is 18.2 Å². The largest absolute Gasteiger partial charge is 0.446 e. The molecule has 1 saturated heterocycles. The minimum Gasteiger partial charge on any atom is -0.446 e. The zero-order valence-corrected chi connectivity index (χ0v) is 9.03. The Balaban J connectivity index is 2.36. The highest BCUT2D eigenvalue weighted by atomic mass is 16.6. The van der Waals surface area contributed by atoms with Gasteiger partial charge in [0.2, 0.25) is 0 Å². The third-order valence-corrected chi connectivity index (χ3v) is 2.59. The molecule has 0 bridgehead atoms. The van der Waals surface area contributed by atoms with Gasteiger partial charge in [0, 0.05) is 19.1 Å². The van der Waals surface area contributed by atoms with Crippen LogP contribution in [-0.2, 0) is 4.74 Å². The van der Waals surface area contributed by atoms with Crippen molar-refractivity contribution in [3.05, 3.63) is 0 Å². The molecule has 0 aromatic heterocycles. The van der Waals surface area contributed by atoms with Crippen LogP contribution in [0.2, 0.25) is 0 Å². The summed E-state index contributed by atoms with van der Waals surface area (Å²) in [6, 6.07) is 0.119. The number of nitrogens with two attached hydrogens (primary N) is 1. The van der Waals surface area contributed by atoms with E-state index < -0.39 is 0 Å². The lowest BCUT2D eigenvalue weighted by Crippen LogP contribution is -2.46. The fourth-order valence-electron chi connectivity index (χ4n) is 1.51. The Morgan fingerprint density at radius 2 is 2.43 bits per heavy atom. The molecule has 4 nitrogen and oxygen atoms in total. The van der Waals surface area contributed by atoms with Crippen LogP contribution < -0.4 is 5.73 Å². The maximum Gasteiger partial charge on any atom is 0.410 e. The van der Waals surface area contributed by atoms with Crippen molar-refractivity contribution in [2.75, 3.05) is 13.1 Å². The third kappa shape index (κ3) is 3.18. The maximum absolute atomic E-state index is 11.6. The zero-order chi connectivity index (χ0) is 10.6. The lowest BCUT2D eigenvalue weighted by atomic mass is 10.1. The number of carbonyl (C=O) groups is 1. The number of nitrogens with zero attached hydrogens (tertiary/aromatic N) is 1. The van der Waals surface area contributed by atoms with Crippen molar-refractivity contribution < 1.29 is 9.53 Å². The van der Waals surface area contributed by atoms with E-state index in [9.17, 15) is 4.79 Å². The van der Waals surface area contributed by atoms with E-state index in [1.807, 2.05) is 13.8 Å². The molecule has 1 heterocycles. The van der Waals surface area contributed by atoms with Crippen LogP contribution in [0.4, 0.5) is 4.79 Å². The molecule has 2 N–H and O–H groups in total. The van der Waals surface area contributed by atoms with E-state index in [0.717, 1.165) is 25.8 Å². The minimum atomic E-state index is -0.213. The first-order valence-corrected chi connectivity index (χ1v) is 5.34. The summed E-state index contributed by atoms with van der Waals surface area (Å²) in [6.45, 7) is 5.32. The lowest BCUT2D eigenvalue weighted by molar-refractivity contribution is 0.0608. The molecule has 1 aliphatic rings. The molecule has 82 valence electrons. The van der Waals surface area contributed by atoms with Crippen LogP contribution in [0.25, 0.3) is 0 Å². The highest BCUT2D eigenvalue weighted by Crippen LogP contribution is 2.10. The Bertz CT molecular complexity index is 197. The molecule has 2 atom stereocenters. The number of piperidine rings is 1. The first kappa shape index (κ1) is 11.3. The first-order valence-electron chi connectivity index (χ1n) is 5.34. The van der Waals surface area contributed by atoms with E-state index in [4.69, 9.17) is 10.5 Å². The van der Waals surface area contributed by atoms with Crippen molar-refractivity contribution in [3.63, 3.8) is 0 Å². The fraction of sp³-hybridized carbons (Fsp3) is 0.900. The molecular weight excluding hydrogens is 180 g/mol. The summed E-state index contributed by atoms with van der Waals surface area (Å²) in [5.74, 6) is 0. The Hall–Kier alpha value is -0.770. The van der Waals surface area contributed by atoms with E-state index >= 15 is 0 Å². The standard InChI is InChI=1S/C10H20N2O2/c1-3-8(2)14-10(13)12-6-4-5-9(11)7-12/h8-9H,3-7,11H2,1-2H3/t8?,9-/m1/s1. The molecule has 1 unspecified atom stereocenters. The van der Waals surface area contributed by atoms with Gasteiger partial charge in [-0.2, -0.15) is 0 Å². The average Bonchev–Trinajstić information content (AvgIpc) is 2.17. The van der Waals surface area contributed by atoms with Crippen LogP contribution in [0.1, 0.15) is 33.1 Å². The van der Waals surface area contributed by atoms with Crippen molar-refractivity contribution in [1.82, 2.24) is 4.90 Å². The molecule has 4 heteroatoms. The van der Waals surface area contributed by atoms with Gasteiger partial charge in [-0.15, -0.1) is 0 Å². The predicted octanol–water partition coefficient (Wildman–Crippen LogP) is 1.34. The normalized spacial score (nSPS) is 24.5. The lowest BCUT2D eigenvalue weighted by Gasteiger charge is -2.30. The molecule has 0 aromatic rings. The first-order chi connectivity index (χ1) is 6.63. The summed E-state index contributed by atoms with van der Waals surface area (Å²) in [6.07, 6.45) is 2.63. The topological polar surface area (TPSA) is 55.6 Å². The zero-order valence-electron chi connectivity index (χ0n) is 9.03. The van der Waals surface area contributed by atoms with Gasteiger partial charge in [-0.1, -0.05) is 6.92 Å². The van der Waals surface area contributed by atoms with Crippen LogP contribution in [0.15, 0.2) is 0 Å². The quantitative estimate of drug-likeness (QED) is 0.732. The van der Waals surface area contributed by atoms with Gasteiger partial charge >= 0.3 is 6.09 Å². The molecule has 1 rings (SSSR count). The number of rotatable bonds is 2. The van der Waals surface area contributed by atoms with Crippen LogP contribution in [0.3, 0.4) is 0 Å². The molecule has 0 spiro atoms. The highest BCUT2D eigenvalue weighted by molar-refractivity contribution is 5.68. The van der Waals surface area contributed by atoms with Crippen LogP contribution in [-0.4, -0.2) is 36.2 Å². The molecule has 0 saturated carbocycles. The van der Waals surface area contributed by atoms with E-state index in [2.05, 4.69) is 0 Å². The summed E-state index contributed by atoms with van der Waals surface area (Å²) in [7, 11) is 0. The van der Waals surface area contributed by atoms with Crippen molar-refractivity contribution in [3.8, 4) is 0 Å². The van der Waals surface area contributed by atoms with Gasteiger partial charge in [-0.05, 0) is 26.2 Å². The number of ether oxygens (including phenoxy) is 1. The average molecular weight is 200 g/mol. The van der Waals surface area contributed by atoms with Crippen LogP contribution >= 0.6 is 0 Å². The smallest absolute Gasteiger partial charge is 0.410 e. The summed E-state index contributed by atoms with van der Waals surface area (Å²) < 4.78 is 5.22. The molecule has 1 aliphatic heterocycles. The Labute approximate surface area is 85.4 Å². The molecule has 1 amide bonds. The van der Waals surface area contributed by atoms with Crippen molar-refractivity contribution >= 4 is 6.09 Å². The molecular formula is C10H20N2O2. The summed E-state index contributed by atoms with van der Waals surface area (Å²) >= 11 is 0. The van der Waals surface area contributed by atoms with Gasteiger partial charge in [-0.25, -0.2) is 4.79 Å². The molecule has 1 fully saturated rings. The molecule has 0 aromatic carbocycles. The monoisotopic (exact) mass is 200 g/mol. The number of hydrogen-bond acceptors (Lipinski definition) is 3. The Morgan fingerprint density at radius 1 is 1.71 bits per heavy atom. The van der Waals surface area contributed by atoms with Crippen molar-refractivity contribution in [2.45, 2.75) is 45.3 Å². The van der Waals surface area contributed by atoms with Gasteiger partial charge in [0.25, 0.3) is 0 Å². The number of carbonyl (C=O) groups excluding carboxylic acids is 1. The van der Waals surface area contributed by atoms with Crippen molar-refractivity contribution in [2.24, 2.45) is 5.73 Å². The number of hydrogen-bond donors (Lipinski definition) is 1. The fourth-order valence-corrected chi connectivity index (χ4v) is 1.51. The van der Waals surface area contributed by atoms with Crippen molar-refractivity contribution in [1.29, 1.82) is 0 Å².